The Bertz CT molecular complexity index is 2280. The molecule has 0 spiro atoms. The van der Waals surface area contributed by atoms with Gasteiger partial charge in [0.1, 0.15) is 11.5 Å². The summed E-state index contributed by atoms with van der Waals surface area (Å²) in [4.78, 5) is 61.3. The van der Waals surface area contributed by atoms with Crippen LogP contribution in [0, 0.1) is 0 Å². The van der Waals surface area contributed by atoms with Crippen molar-refractivity contribution >= 4 is 91.3 Å². The van der Waals surface area contributed by atoms with Crippen LogP contribution in [0.15, 0.2) is 72.8 Å². The molecule has 7 rings (SSSR count). The van der Waals surface area contributed by atoms with Crippen LogP contribution in [0.4, 0.5) is 16.2 Å². The van der Waals surface area contributed by atoms with Gasteiger partial charge in [0.15, 0.2) is 0 Å². The van der Waals surface area contributed by atoms with Gasteiger partial charge >= 0.3 is 12.1 Å². The predicted octanol–water partition coefficient (Wildman–Crippen LogP) is 7.94. The number of alkyl halides is 2. The first-order valence-corrected chi connectivity index (χ1v) is 19.1. The van der Waals surface area contributed by atoms with Crippen LogP contribution in [0.3, 0.4) is 0 Å². The van der Waals surface area contributed by atoms with Gasteiger partial charge in [0, 0.05) is 86.7 Å². The predicted molar refractivity (Wildman–Crippen MR) is 211 cm³/mol. The maximum Gasteiger partial charge on any atom is 0.415 e. The summed E-state index contributed by atoms with van der Waals surface area (Å²) in [6.45, 7) is 3.15. The molecule has 0 saturated heterocycles. The van der Waals surface area contributed by atoms with Crippen LogP contribution in [0.2, 0.25) is 0 Å². The average Bonchev–Trinajstić information content (AvgIpc) is 3.89. The summed E-state index contributed by atoms with van der Waals surface area (Å²) in [6, 6.07) is 22.0. The minimum atomic E-state index is -0.504. The molecule has 0 radical (unpaired) electrons. The minimum absolute atomic E-state index is 0.146. The van der Waals surface area contributed by atoms with Crippen LogP contribution in [0.25, 0.3) is 21.5 Å². The van der Waals surface area contributed by atoms with Crippen molar-refractivity contribution < 1.29 is 28.7 Å². The fourth-order valence-electron chi connectivity index (χ4n) is 7.23. The normalized spacial score (nSPS) is 16.3. The zero-order valence-corrected chi connectivity index (χ0v) is 32.1. The molecule has 0 fully saturated rings. The van der Waals surface area contributed by atoms with Gasteiger partial charge in [-0.25, -0.2) is 4.79 Å². The second kappa shape index (κ2) is 15.0. The average molecular weight is 774 g/mol. The van der Waals surface area contributed by atoms with E-state index in [-0.39, 0.29) is 35.4 Å². The molecule has 1 aromatic heterocycles. The fraction of sp³-hybridized carbons (Fsp3) is 0.300. The largest absolute Gasteiger partial charge is 0.426 e. The Morgan fingerprint density at radius 3 is 1.58 bits per heavy atom. The van der Waals surface area contributed by atoms with Gasteiger partial charge in [-0.2, -0.15) is 0 Å². The molecule has 3 amide bonds. The quantitative estimate of drug-likeness (QED) is 0.0853. The van der Waals surface area contributed by atoms with E-state index in [0.717, 1.165) is 44.0 Å². The van der Waals surface area contributed by atoms with Gasteiger partial charge in [0.2, 0.25) is 0 Å². The summed E-state index contributed by atoms with van der Waals surface area (Å²) >= 11 is 14.1. The number of halogens is 2. The van der Waals surface area contributed by atoms with E-state index in [1.165, 1.54) is 11.8 Å². The number of likely N-dealkylation sites (N-methyl/N-ethyl adjacent to an activating group) is 2. The van der Waals surface area contributed by atoms with Crippen LogP contribution in [0.1, 0.15) is 49.2 Å². The van der Waals surface area contributed by atoms with Crippen molar-refractivity contribution in [3.63, 3.8) is 0 Å². The number of benzene rings is 4. The molecule has 10 nitrogen and oxygen atoms in total. The van der Waals surface area contributed by atoms with E-state index >= 15 is 0 Å². The van der Waals surface area contributed by atoms with Crippen LogP contribution in [-0.2, 0) is 4.79 Å². The Kier molecular flexibility index (Phi) is 10.4. The molecular formula is C40H38Cl2N4O6S. The number of hydrogen-bond acceptors (Lipinski definition) is 8. The smallest absolute Gasteiger partial charge is 0.415 e. The Balaban J connectivity index is 1.21. The van der Waals surface area contributed by atoms with Crippen molar-refractivity contribution in [2.75, 3.05) is 68.9 Å². The van der Waals surface area contributed by atoms with Gasteiger partial charge in [0.05, 0.1) is 21.1 Å². The fourth-order valence-corrected chi connectivity index (χ4v) is 8.64. The summed E-state index contributed by atoms with van der Waals surface area (Å²) < 4.78 is 11.5. The topological polar surface area (TPSA) is 99.7 Å². The lowest BCUT2D eigenvalue weighted by Crippen LogP contribution is -2.35. The lowest BCUT2D eigenvalue weighted by Gasteiger charge is -2.21. The molecule has 0 aliphatic carbocycles. The SMILES string of the molecule is CC(=O)Oc1cc2c(c3ccccc13)C(CCl)CN2C(=O)c1ccc(C(=O)N2C[C@@H](CCl)c3c2cc(OC(=O)N(C)CCN(C)C)c2ccccc32)s1. The first-order chi connectivity index (χ1) is 25.5. The highest BCUT2D eigenvalue weighted by atomic mass is 35.5. The third-order valence-electron chi connectivity index (χ3n) is 9.79. The molecule has 274 valence electrons. The number of carbonyl (C=O) groups is 4. The van der Waals surface area contributed by atoms with Crippen LogP contribution in [0.5, 0.6) is 11.5 Å². The molecule has 1 unspecified atom stereocenters. The zero-order chi connectivity index (χ0) is 37.6. The molecule has 53 heavy (non-hydrogen) atoms. The lowest BCUT2D eigenvalue weighted by molar-refractivity contribution is -0.131. The first-order valence-electron chi connectivity index (χ1n) is 17.2. The standard InChI is InChI=1S/C40H38Cl2N4O6S/c1-23(47)51-32-17-30-36(28-11-7-5-9-26(28)32)24(19-41)21-45(30)38(48)34-13-14-35(53-34)39(49)46-22-25(20-42)37-29-12-8-6-10-27(29)33(18-31(37)46)52-40(50)44(4)16-15-43(2)3/h5-14,17-18,24-25H,15-16,19-22H2,1-4H3/t24?,25-/m1/s1. The van der Waals surface area contributed by atoms with E-state index in [9.17, 15) is 19.2 Å². The maximum atomic E-state index is 14.3. The van der Waals surface area contributed by atoms with Crippen LogP contribution < -0.4 is 19.3 Å². The summed E-state index contributed by atoms with van der Waals surface area (Å²) in [5.74, 6) is -0.0754. The highest BCUT2D eigenvalue weighted by Gasteiger charge is 2.38. The summed E-state index contributed by atoms with van der Waals surface area (Å²) in [6.07, 6.45) is -0.504. The molecule has 2 aliphatic rings. The Morgan fingerprint density at radius 1 is 0.698 bits per heavy atom. The van der Waals surface area contributed by atoms with Gasteiger partial charge in [-0.15, -0.1) is 34.5 Å². The van der Waals surface area contributed by atoms with Gasteiger partial charge < -0.3 is 29.1 Å². The Morgan fingerprint density at radius 2 is 1.15 bits per heavy atom. The summed E-state index contributed by atoms with van der Waals surface area (Å²) in [5.41, 5.74) is 3.06. The molecule has 13 heteroatoms. The van der Waals surface area contributed by atoms with Crippen molar-refractivity contribution in [1.82, 2.24) is 9.80 Å². The number of fused-ring (bicyclic) bond motifs is 6. The number of rotatable bonds is 9. The molecule has 0 N–H and O–H groups in total. The van der Waals surface area contributed by atoms with Crippen LogP contribution >= 0.6 is 34.5 Å². The second-order valence-electron chi connectivity index (χ2n) is 13.6. The van der Waals surface area contributed by atoms with Crippen molar-refractivity contribution in [2.45, 2.75) is 18.8 Å². The van der Waals surface area contributed by atoms with Crippen molar-refractivity contribution in [1.29, 1.82) is 0 Å². The van der Waals surface area contributed by atoms with Gasteiger partial charge in [-0.1, -0.05) is 48.5 Å². The van der Waals surface area contributed by atoms with Gasteiger partial charge in [-0.05, 0) is 48.1 Å². The highest BCUT2D eigenvalue weighted by molar-refractivity contribution is 7.16. The van der Waals surface area contributed by atoms with Crippen molar-refractivity contribution in [2.24, 2.45) is 0 Å². The molecular weight excluding hydrogens is 735 g/mol. The van der Waals surface area contributed by atoms with Crippen molar-refractivity contribution in [3.05, 3.63) is 93.7 Å². The third kappa shape index (κ3) is 6.83. The third-order valence-corrected chi connectivity index (χ3v) is 11.6. The number of carbonyl (C=O) groups excluding carboxylic acids is 4. The molecule has 5 aromatic rings. The number of nitrogens with zero attached hydrogens (tertiary/aromatic N) is 4. The van der Waals surface area contributed by atoms with E-state index in [4.69, 9.17) is 32.7 Å². The van der Waals surface area contributed by atoms with Gasteiger partial charge in [-0.3, -0.25) is 14.4 Å². The number of esters is 1. The molecule has 3 heterocycles. The molecule has 2 aliphatic heterocycles. The van der Waals surface area contributed by atoms with Gasteiger partial charge in [0.25, 0.3) is 11.8 Å². The van der Waals surface area contributed by atoms with E-state index < -0.39 is 12.1 Å². The Labute approximate surface area is 321 Å². The number of hydrogen-bond donors (Lipinski definition) is 0. The van der Waals surface area contributed by atoms with Crippen LogP contribution in [-0.4, -0.2) is 92.8 Å². The number of thiophene rings is 1. The first kappa shape index (κ1) is 36.7. The number of amides is 3. The summed E-state index contributed by atoms with van der Waals surface area (Å²) in [7, 11) is 5.56. The lowest BCUT2D eigenvalue weighted by atomic mass is 9.95. The van der Waals surface area contributed by atoms with E-state index in [0.29, 0.717) is 58.8 Å². The molecule has 2 atom stereocenters. The van der Waals surface area contributed by atoms with E-state index in [1.54, 1.807) is 41.1 Å². The monoisotopic (exact) mass is 772 g/mol. The number of anilines is 2. The highest BCUT2D eigenvalue weighted by Crippen LogP contribution is 2.48. The minimum Gasteiger partial charge on any atom is -0.426 e. The molecule has 4 aromatic carbocycles. The molecule has 0 bridgehead atoms. The van der Waals surface area contributed by atoms with E-state index in [2.05, 4.69) is 0 Å². The maximum absolute atomic E-state index is 14.3. The second-order valence-corrected chi connectivity index (χ2v) is 15.3. The van der Waals surface area contributed by atoms with Crippen molar-refractivity contribution in [3.8, 4) is 11.5 Å². The zero-order valence-electron chi connectivity index (χ0n) is 29.7. The Hall–Kier alpha value is -4.68. The number of ether oxygens (including phenoxy) is 2. The summed E-state index contributed by atoms with van der Waals surface area (Å²) in [5, 5.41) is 3.23. The molecule has 0 saturated carbocycles. The van der Waals surface area contributed by atoms with E-state index in [1.807, 2.05) is 67.5 Å².